The Bertz CT molecular complexity index is 933. The van der Waals surface area contributed by atoms with Crippen molar-refractivity contribution in [2.75, 3.05) is 26.2 Å². The van der Waals surface area contributed by atoms with Crippen LogP contribution >= 0.6 is 11.6 Å². The number of amides is 1. The SMILES string of the molecule is O=C(c1ccc(-n2ccnc2)nc1)N1CCN(Cc2c(F)cccc2Cl)CC1. The molecule has 2 aromatic heterocycles. The first-order chi connectivity index (χ1) is 13.6. The highest BCUT2D eigenvalue weighted by atomic mass is 35.5. The molecule has 1 amide bonds. The van der Waals surface area contributed by atoms with E-state index in [1.807, 2.05) is 0 Å². The highest BCUT2D eigenvalue weighted by Crippen LogP contribution is 2.21. The minimum absolute atomic E-state index is 0.0479. The highest BCUT2D eigenvalue weighted by molar-refractivity contribution is 6.31. The normalized spacial score (nSPS) is 15.0. The fraction of sp³-hybridized carbons (Fsp3) is 0.250. The average Bonchev–Trinajstić information content (AvgIpc) is 3.26. The molecule has 28 heavy (non-hydrogen) atoms. The van der Waals surface area contributed by atoms with Gasteiger partial charge in [0.15, 0.2) is 0 Å². The zero-order valence-electron chi connectivity index (χ0n) is 15.1. The smallest absolute Gasteiger partial charge is 0.255 e. The minimum Gasteiger partial charge on any atom is -0.336 e. The van der Waals surface area contributed by atoms with E-state index in [1.54, 1.807) is 58.7 Å². The Hall–Kier alpha value is -2.77. The molecule has 6 nitrogen and oxygen atoms in total. The summed E-state index contributed by atoms with van der Waals surface area (Å²) in [6.07, 6.45) is 6.72. The lowest BCUT2D eigenvalue weighted by Crippen LogP contribution is -2.48. The fourth-order valence-corrected chi connectivity index (χ4v) is 3.48. The zero-order chi connectivity index (χ0) is 19.5. The second-order valence-corrected chi connectivity index (χ2v) is 7.05. The van der Waals surface area contributed by atoms with Gasteiger partial charge in [-0.1, -0.05) is 17.7 Å². The molecule has 0 radical (unpaired) electrons. The molecule has 1 aliphatic rings. The number of pyridine rings is 1. The number of hydrogen-bond acceptors (Lipinski definition) is 4. The number of aromatic nitrogens is 3. The molecule has 0 N–H and O–H groups in total. The molecule has 4 rings (SSSR count). The summed E-state index contributed by atoms with van der Waals surface area (Å²) in [4.78, 5) is 25.0. The van der Waals surface area contributed by atoms with Crippen LogP contribution in [-0.2, 0) is 6.54 Å². The van der Waals surface area contributed by atoms with Gasteiger partial charge < -0.3 is 4.90 Å². The Morgan fingerprint density at radius 2 is 1.96 bits per heavy atom. The van der Waals surface area contributed by atoms with E-state index < -0.39 is 0 Å². The van der Waals surface area contributed by atoms with Gasteiger partial charge in [0.25, 0.3) is 5.91 Å². The Kier molecular flexibility index (Phi) is 5.36. The van der Waals surface area contributed by atoms with Gasteiger partial charge in [0.1, 0.15) is 18.0 Å². The van der Waals surface area contributed by atoms with Gasteiger partial charge in [0.2, 0.25) is 0 Å². The summed E-state index contributed by atoms with van der Waals surface area (Å²) < 4.78 is 15.8. The van der Waals surface area contributed by atoms with Crippen molar-refractivity contribution in [3.63, 3.8) is 0 Å². The predicted octanol–water partition coefficient (Wildman–Crippen LogP) is 3.02. The first-order valence-corrected chi connectivity index (χ1v) is 9.38. The third kappa shape index (κ3) is 3.90. The molecule has 144 valence electrons. The lowest BCUT2D eigenvalue weighted by Gasteiger charge is -2.35. The van der Waals surface area contributed by atoms with Crippen molar-refractivity contribution < 1.29 is 9.18 Å². The molecule has 0 unspecified atom stereocenters. The summed E-state index contributed by atoms with van der Waals surface area (Å²) in [6, 6.07) is 8.28. The maximum absolute atomic E-state index is 14.0. The topological polar surface area (TPSA) is 54.3 Å². The monoisotopic (exact) mass is 399 g/mol. The van der Waals surface area contributed by atoms with Crippen molar-refractivity contribution in [1.82, 2.24) is 24.3 Å². The van der Waals surface area contributed by atoms with Crippen LogP contribution in [0.4, 0.5) is 4.39 Å². The van der Waals surface area contributed by atoms with Crippen LogP contribution in [0, 0.1) is 5.82 Å². The fourth-order valence-electron chi connectivity index (χ4n) is 3.26. The molecular weight excluding hydrogens is 381 g/mol. The van der Waals surface area contributed by atoms with E-state index in [9.17, 15) is 9.18 Å². The summed E-state index contributed by atoms with van der Waals surface area (Å²) >= 11 is 6.11. The molecule has 1 aromatic carbocycles. The van der Waals surface area contributed by atoms with E-state index in [4.69, 9.17) is 11.6 Å². The van der Waals surface area contributed by atoms with Gasteiger partial charge in [-0.15, -0.1) is 0 Å². The number of carbonyl (C=O) groups is 1. The number of rotatable bonds is 4. The lowest BCUT2D eigenvalue weighted by molar-refractivity contribution is 0.0626. The average molecular weight is 400 g/mol. The number of carbonyl (C=O) groups excluding carboxylic acids is 1. The van der Waals surface area contributed by atoms with Gasteiger partial charge in [-0.05, 0) is 24.3 Å². The van der Waals surface area contributed by atoms with Gasteiger partial charge in [-0.25, -0.2) is 14.4 Å². The van der Waals surface area contributed by atoms with E-state index in [0.29, 0.717) is 54.7 Å². The quantitative estimate of drug-likeness (QED) is 0.676. The van der Waals surface area contributed by atoms with Crippen LogP contribution < -0.4 is 0 Å². The van der Waals surface area contributed by atoms with Crippen LogP contribution in [0.5, 0.6) is 0 Å². The summed E-state index contributed by atoms with van der Waals surface area (Å²) in [6.45, 7) is 2.92. The van der Waals surface area contributed by atoms with Crippen LogP contribution in [0.2, 0.25) is 5.02 Å². The van der Waals surface area contributed by atoms with Gasteiger partial charge >= 0.3 is 0 Å². The number of benzene rings is 1. The van der Waals surface area contributed by atoms with Crippen LogP contribution in [0.25, 0.3) is 5.82 Å². The van der Waals surface area contributed by atoms with E-state index in [2.05, 4.69) is 14.9 Å². The van der Waals surface area contributed by atoms with Crippen molar-refractivity contribution >= 4 is 17.5 Å². The number of halogens is 2. The second kappa shape index (κ2) is 8.08. The van der Waals surface area contributed by atoms with Crippen LogP contribution in [0.3, 0.4) is 0 Å². The molecule has 3 aromatic rings. The molecule has 0 saturated carbocycles. The van der Waals surface area contributed by atoms with Crippen molar-refractivity contribution in [2.45, 2.75) is 6.54 Å². The van der Waals surface area contributed by atoms with Crippen LogP contribution in [-0.4, -0.2) is 56.4 Å². The molecule has 0 atom stereocenters. The Morgan fingerprint density at radius 3 is 2.61 bits per heavy atom. The van der Waals surface area contributed by atoms with E-state index in [1.165, 1.54) is 6.07 Å². The maximum Gasteiger partial charge on any atom is 0.255 e. The number of piperazine rings is 1. The number of imidazole rings is 1. The molecule has 1 fully saturated rings. The summed E-state index contributed by atoms with van der Waals surface area (Å²) in [5, 5.41) is 0.433. The molecule has 1 saturated heterocycles. The first kappa shape index (κ1) is 18.6. The molecule has 8 heteroatoms. The maximum atomic E-state index is 14.0. The Labute approximate surface area is 167 Å². The molecule has 3 heterocycles. The van der Waals surface area contributed by atoms with Crippen molar-refractivity contribution in [3.8, 4) is 5.82 Å². The van der Waals surface area contributed by atoms with Crippen molar-refractivity contribution in [2.24, 2.45) is 0 Å². The standard InChI is InChI=1S/C20H19ClFN5O/c21-17-2-1-3-18(22)16(17)13-25-8-10-26(11-9-25)20(28)15-4-5-19(24-12-15)27-7-6-23-14-27/h1-7,12,14H,8-11,13H2. The largest absolute Gasteiger partial charge is 0.336 e. The molecule has 0 bridgehead atoms. The van der Waals surface area contributed by atoms with Crippen LogP contribution in [0.1, 0.15) is 15.9 Å². The van der Waals surface area contributed by atoms with Crippen molar-refractivity contribution in [1.29, 1.82) is 0 Å². The summed E-state index contributed by atoms with van der Waals surface area (Å²) in [7, 11) is 0. The van der Waals surface area contributed by atoms with Gasteiger partial charge in [-0.3, -0.25) is 14.3 Å². The zero-order valence-corrected chi connectivity index (χ0v) is 15.9. The first-order valence-electron chi connectivity index (χ1n) is 9.01. The molecule has 0 spiro atoms. The Morgan fingerprint density at radius 1 is 1.14 bits per heavy atom. The van der Waals surface area contributed by atoms with Crippen molar-refractivity contribution in [3.05, 3.63) is 77.2 Å². The van der Waals surface area contributed by atoms with Gasteiger partial charge in [0, 0.05) is 61.9 Å². The third-order valence-electron chi connectivity index (χ3n) is 4.87. The third-order valence-corrected chi connectivity index (χ3v) is 5.22. The van der Waals surface area contributed by atoms with E-state index in [-0.39, 0.29) is 11.7 Å². The minimum atomic E-state index is -0.296. The second-order valence-electron chi connectivity index (χ2n) is 6.64. The predicted molar refractivity (Wildman–Crippen MR) is 104 cm³/mol. The highest BCUT2D eigenvalue weighted by Gasteiger charge is 2.23. The van der Waals surface area contributed by atoms with Gasteiger partial charge in [-0.2, -0.15) is 0 Å². The molecular formula is C20H19ClFN5O. The number of nitrogens with zero attached hydrogens (tertiary/aromatic N) is 5. The lowest BCUT2D eigenvalue weighted by atomic mass is 10.1. The molecule has 1 aliphatic heterocycles. The summed E-state index contributed by atoms with van der Waals surface area (Å²) in [5.41, 5.74) is 1.05. The number of hydrogen-bond donors (Lipinski definition) is 0. The Balaban J connectivity index is 1.36. The molecule has 0 aliphatic carbocycles. The van der Waals surface area contributed by atoms with E-state index >= 15 is 0 Å². The van der Waals surface area contributed by atoms with E-state index in [0.717, 1.165) is 0 Å². The van der Waals surface area contributed by atoms with Crippen LogP contribution in [0.15, 0.2) is 55.2 Å². The van der Waals surface area contributed by atoms with Gasteiger partial charge in [0.05, 0.1) is 5.56 Å². The summed E-state index contributed by atoms with van der Waals surface area (Å²) in [5.74, 6) is 0.365.